The van der Waals surface area contributed by atoms with Crippen LogP contribution in [0.5, 0.6) is 0 Å². The van der Waals surface area contributed by atoms with E-state index in [4.69, 9.17) is 5.73 Å². The van der Waals surface area contributed by atoms with E-state index in [1.165, 1.54) is 37.9 Å². The molecule has 0 fully saturated rings. The minimum Gasteiger partial charge on any atom is -0.368 e. The smallest absolute Gasteiger partial charge is 0.253 e. The van der Waals surface area contributed by atoms with Crippen LogP contribution in [-0.4, -0.2) is 80.6 Å². The summed E-state index contributed by atoms with van der Waals surface area (Å²) in [5, 5.41) is 12.8. The summed E-state index contributed by atoms with van der Waals surface area (Å²) >= 11 is 0. The van der Waals surface area contributed by atoms with Gasteiger partial charge in [-0.05, 0) is 36.6 Å². The van der Waals surface area contributed by atoms with Crippen molar-refractivity contribution < 1.29 is 28.8 Å². The molecule has 16 nitrogen and oxygen atoms in total. The molecule has 0 saturated heterocycles. The van der Waals surface area contributed by atoms with Crippen molar-refractivity contribution in [2.24, 2.45) is 11.7 Å². The third-order valence-electron chi connectivity index (χ3n) is 6.21. The Balaban J connectivity index is 1.63. The third-order valence-corrected chi connectivity index (χ3v) is 6.21. The molecule has 0 unspecified atom stereocenters. The first-order valence-corrected chi connectivity index (χ1v) is 14.0. The maximum atomic E-state index is 12.9. The molecule has 2 atom stereocenters. The number of primary amides is 1. The molecule has 3 aromatic heterocycles. The van der Waals surface area contributed by atoms with Gasteiger partial charge < -0.3 is 37.3 Å². The predicted molar refractivity (Wildman–Crippen MR) is 162 cm³/mol. The summed E-state index contributed by atoms with van der Waals surface area (Å²) in [5.74, 6) is -3.05. The first-order chi connectivity index (χ1) is 21.4. The van der Waals surface area contributed by atoms with Crippen LogP contribution in [0.1, 0.15) is 43.2 Å². The molecule has 6 amide bonds. The molecule has 238 valence electrons. The highest BCUT2D eigenvalue weighted by molar-refractivity contribution is 5.99. The number of carbonyl (C=O) groups is 6. The van der Waals surface area contributed by atoms with E-state index in [0.717, 1.165) is 0 Å². The van der Waals surface area contributed by atoms with Gasteiger partial charge in [0.2, 0.25) is 29.5 Å². The molecular formula is C29H36N10O6. The van der Waals surface area contributed by atoms with Crippen molar-refractivity contribution in [3.63, 3.8) is 0 Å². The Morgan fingerprint density at radius 2 is 1.56 bits per heavy atom. The van der Waals surface area contributed by atoms with Crippen molar-refractivity contribution in [2.75, 3.05) is 18.4 Å². The molecule has 0 radical (unpaired) electrons. The lowest BCUT2D eigenvalue weighted by Crippen LogP contribution is -2.49. The number of amides is 6. The van der Waals surface area contributed by atoms with Gasteiger partial charge in [-0.25, -0.2) is 4.98 Å². The molecule has 0 aliphatic rings. The van der Waals surface area contributed by atoms with E-state index in [1.54, 1.807) is 18.2 Å². The van der Waals surface area contributed by atoms with Crippen LogP contribution in [0.15, 0.2) is 49.2 Å². The van der Waals surface area contributed by atoms with Gasteiger partial charge in [-0.2, -0.15) is 0 Å². The number of pyridine rings is 2. The number of nitrogens with zero attached hydrogens (tertiary/aromatic N) is 3. The molecule has 16 heteroatoms. The van der Waals surface area contributed by atoms with Crippen LogP contribution in [-0.2, 0) is 30.4 Å². The molecule has 0 bridgehead atoms. The Bertz CT molecular complexity index is 1490. The minimum absolute atomic E-state index is 0.0936. The Hall–Kier alpha value is -5.67. The van der Waals surface area contributed by atoms with Crippen molar-refractivity contribution in [2.45, 2.75) is 45.7 Å². The van der Waals surface area contributed by atoms with E-state index >= 15 is 0 Å². The average molecular weight is 621 g/mol. The van der Waals surface area contributed by atoms with E-state index in [1.807, 2.05) is 13.8 Å². The topological polar surface area (TPSA) is 243 Å². The number of H-pyrrole nitrogens is 1. The Morgan fingerprint density at radius 1 is 0.844 bits per heavy atom. The predicted octanol–water partition coefficient (Wildman–Crippen LogP) is -0.585. The molecule has 0 aliphatic heterocycles. The lowest BCUT2D eigenvalue weighted by molar-refractivity contribution is -0.128. The summed E-state index contributed by atoms with van der Waals surface area (Å²) in [6.07, 6.45) is 6.20. The fraction of sp³-hybridized carbons (Fsp3) is 0.345. The maximum Gasteiger partial charge on any atom is 0.253 e. The second kappa shape index (κ2) is 16.3. The van der Waals surface area contributed by atoms with E-state index in [2.05, 4.69) is 46.5 Å². The average Bonchev–Trinajstić information content (AvgIpc) is 3.51. The van der Waals surface area contributed by atoms with Crippen LogP contribution in [0.4, 0.5) is 5.69 Å². The zero-order chi connectivity index (χ0) is 32.9. The van der Waals surface area contributed by atoms with Gasteiger partial charge in [-0.3, -0.25) is 38.7 Å². The van der Waals surface area contributed by atoms with Crippen LogP contribution in [0.25, 0.3) is 11.4 Å². The number of anilines is 1. The second-order valence-electron chi connectivity index (χ2n) is 10.5. The summed E-state index contributed by atoms with van der Waals surface area (Å²) < 4.78 is 0. The molecule has 0 spiro atoms. The van der Waals surface area contributed by atoms with Gasteiger partial charge >= 0.3 is 0 Å². The molecule has 3 rings (SSSR count). The van der Waals surface area contributed by atoms with Crippen LogP contribution >= 0.6 is 0 Å². The fourth-order valence-electron chi connectivity index (χ4n) is 4.05. The third kappa shape index (κ3) is 11.2. The highest BCUT2D eigenvalue weighted by Crippen LogP contribution is 2.18. The summed E-state index contributed by atoms with van der Waals surface area (Å²) in [5.41, 5.74) is 7.18. The highest BCUT2D eigenvalue weighted by atomic mass is 16.2. The number of imidazole rings is 1. The van der Waals surface area contributed by atoms with Crippen LogP contribution in [0.2, 0.25) is 0 Å². The van der Waals surface area contributed by atoms with Gasteiger partial charge in [0, 0.05) is 31.4 Å². The number of nitrogens with two attached hydrogens (primary N) is 1. The number of hydrogen-bond donors (Lipinski definition) is 7. The number of hydrogen-bond acceptors (Lipinski definition) is 9. The van der Waals surface area contributed by atoms with Crippen LogP contribution in [0.3, 0.4) is 0 Å². The van der Waals surface area contributed by atoms with Crippen molar-refractivity contribution in [1.82, 2.24) is 41.2 Å². The van der Waals surface area contributed by atoms with E-state index in [9.17, 15) is 28.8 Å². The summed E-state index contributed by atoms with van der Waals surface area (Å²) in [7, 11) is 0. The number of nitrogens with one attached hydrogen (secondary N) is 6. The van der Waals surface area contributed by atoms with Crippen molar-refractivity contribution in [3.8, 4) is 11.4 Å². The summed E-state index contributed by atoms with van der Waals surface area (Å²) in [6.45, 7) is 4.51. The van der Waals surface area contributed by atoms with E-state index in [-0.39, 0.29) is 36.9 Å². The van der Waals surface area contributed by atoms with E-state index < -0.39 is 41.6 Å². The largest absolute Gasteiger partial charge is 0.368 e. The second-order valence-corrected chi connectivity index (χ2v) is 10.5. The molecule has 0 saturated carbocycles. The quantitative estimate of drug-likeness (QED) is 0.115. The summed E-state index contributed by atoms with van der Waals surface area (Å²) in [4.78, 5) is 88.2. The number of aromatic nitrogens is 4. The highest BCUT2D eigenvalue weighted by Gasteiger charge is 2.24. The van der Waals surface area contributed by atoms with Gasteiger partial charge in [-0.15, -0.1) is 0 Å². The van der Waals surface area contributed by atoms with Crippen LogP contribution in [0, 0.1) is 5.92 Å². The lowest BCUT2D eigenvalue weighted by Gasteiger charge is -2.20. The molecule has 0 aromatic carbocycles. The summed E-state index contributed by atoms with van der Waals surface area (Å²) in [6, 6.07) is 4.51. The lowest BCUT2D eigenvalue weighted by atomic mass is 10.0. The molecule has 8 N–H and O–H groups in total. The SMILES string of the molecule is CC(=O)NCC(=O)N[C@@H](CC(C)C)C(=O)Nc1ccc(-c2ccc(C(=O)N[C@@H](Cc3cnc[nH]3)C(=O)NCC(N)=O)cn2)nc1. The zero-order valence-corrected chi connectivity index (χ0v) is 25.0. The van der Waals surface area contributed by atoms with Crippen molar-refractivity contribution in [3.05, 3.63) is 60.4 Å². The molecule has 3 heterocycles. The van der Waals surface area contributed by atoms with Gasteiger partial charge in [0.25, 0.3) is 5.91 Å². The monoisotopic (exact) mass is 620 g/mol. The Morgan fingerprint density at radius 3 is 2.11 bits per heavy atom. The molecule has 45 heavy (non-hydrogen) atoms. The number of rotatable bonds is 15. The fourth-order valence-corrected chi connectivity index (χ4v) is 4.05. The molecule has 3 aromatic rings. The molecule has 0 aliphatic carbocycles. The Kier molecular flexibility index (Phi) is 12.2. The van der Waals surface area contributed by atoms with Gasteiger partial charge in [0.15, 0.2) is 0 Å². The van der Waals surface area contributed by atoms with Gasteiger partial charge in [0.05, 0.1) is 48.3 Å². The Labute approximate surface area is 258 Å². The number of carbonyl (C=O) groups excluding carboxylic acids is 6. The van der Waals surface area contributed by atoms with E-state index in [0.29, 0.717) is 29.2 Å². The normalized spacial score (nSPS) is 12.0. The molecular weight excluding hydrogens is 584 g/mol. The van der Waals surface area contributed by atoms with Gasteiger partial charge in [0.1, 0.15) is 12.1 Å². The van der Waals surface area contributed by atoms with Crippen molar-refractivity contribution in [1.29, 1.82) is 0 Å². The van der Waals surface area contributed by atoms with Crippen molar-refractivity contribution >= 4 is 41.1 Å². The van der Waals surface area contributed by atoms with Crippen LogP contribution < -0.4 is 32.3 Å². The zero-order valence-electron chi connectivity index (χ0n) is 25.0. The first-order valence-electron chi connectivity index (χ1n) is 14.0. The maximum absolute atomic E-state index is 12.9. The standard InChI is InChI=1S/C29H36N10O6/c1-16(2)8-23(38-26(42)14-32-17(3)40)29(45)37-19-5-7-22(34-12-19)21-6-4-18(10-33-21)27(43)39-24(9-20-11-31-15-36-20)28(44)35-13-25(30)41/h4-7,10-12,15-16,23-24H,8-9,13-14H2,1-3H3,(H2,30,41)(H,31,36)(H,32,40)(H,35,44)(H,37,45)(H,38,42)(H,39,43)/t23-,24-/m0/s1. The van der Waals surface area contributed by atoms with Gasteiger partial charge in [-0.1, -0.05) is 13.8 Å². The minimum atomic E-state index is -1.02. The first kappa shape index (κ1) is 33.8. The number of aromatic amines is 1.